The molecule has 0 atom stereocenters. The van der Waals surface area contributed by atoms with Crippen LogP contribution in [0, 0.1) is 6.92 Å². The molecule has 3 N–H and O–H groups in total. The second kappa shape index (κ2) is 7.01. The molecule has 0 aliphatic rings. The molecule has 1 amide bonds. The van der Waals surface area contributed by atoms with E-state index < -0.39 is 16.0 Å². The van der Waals surface area contributed by atoms with Gasteiger partial charge in [-0.1, -0.05) is 15.9 Å². The van der Waals surface area contributed by atoms with E-state index in [1.165, 1.54) is 13.0 Å². The van der Waals surface area contributed by atoms with Crippen LogP contribution < -0.4 is 10.0 Å². The summed E-state index contributed by atoms with van der Waals surface area (Å²) in [5, 5.41) is 11.4. The SMILES string of the molecule is CC(=O)NCCNS(=O)(=O)c1cc(C(=O)O)cc(Br)c1C. The molecular weight excluding hydrogens is 364 g/mol. The van der Waals surface area contributed by atoms with Gasteiger partial charge in [-0.25, -0.2) is 17.9 Å². The first kappa shape index (κ1) is 17.6. The van der Waals surface area contributed by atoms with Crippen LogP contribution in [-0.2, 0) is 14.8 Å². The van der Waals surface area contributed by atoms with Crippen molar-refractivity contribution < 1.29 is 23.1 Å². The fourth-order valence-electron chi connectivity index (χ4n) is 1.56. The van der Waals surface area contributed by atoms with Crippen LogP contribution in [0.15, 0.2) is 21.5 Å². The first-order valence-electron chi connectivity index (χ1n) is 5.92. The van der Waals surface area contributed by atoms with Crippen LogP contribution in [0.4, 0.5) is 0 Å². The van der Waals surface area contributed by atoms with Crippen LogP contribution in [-0.4, -0.2) is 38.5 Å². The molecule has 0 spiro atoms. The second-order valence-corrected chi connectivity index (χ2v) is 6.86. The highest BCUT2D eigenvalue weighted by molar-refractivity contribution is 9.10. The number of carbonyl (C=O) groups excluding carboxylic acids is 1. The molecule has 0 unspecified atom stereocenters. The van der Waals surface area contributed by atoms with Gasteiger partial charge in [-0.05, 0) is 24.6 Å². The van der Waals surface area contributed by atoms with Crippen LogP contribution in [0.3, 0.4) is 0 Å². The maximum absolute atomic E-state index is 12.2. The number of nitrogens with one attached hydrogen (secondary N) is 2. The summed E-state index contributed by atoms with van der Waals surface area (Å²) in [5.74, 6) is -1.48. The van der Waals surface area contributed by atoms with E-state index in [9.17, 15) is 18.0 Å². The van der Waals surface area contributed by atoms with Crippen LogP contribution in [0.2, 0.25) is 0 Å². The Balaban J connectivity index is 3.02. The zero-order valence-electron chi connectivity index (χ0n) is 11.4. The summed E-state index contributed by atoms with van der Waals surface area (Å²) in [7, 11) is -3.86. The number of halogens is 1. The third-order valence-corrected chi connectivity index (χ3v) is 5.04. The summed E-state index contributed by atoms with van der Waals surface area (Å²) >= 11 is 3.15. The molecule has 1 aromatic rings. The van der Waals surface area contributed by atoms with Gasteiger partial charge in [-0.2, -0.15) is 0 Å². The number of carboxylic acids is 1. The molecule has 0 aliphatic carbocycles. The van der Waals surface area contributed by atoms with Crippen molar-refractivity contribution >= 4 is 37.8 Å². The van der Waals surface area contributed by atoms with E-state index >= 15 is 0 Å². The molecule has 21 heavy (non-hydrogen) atoms. The Morgan fingerprint density at radius 3 is 2.43 bits per heavy atom. The maximum Gasteiger partial charge on any atom is 0.335 e. The molecule has 1 aromatic carbocycles. The molecule has 0 saturated carbocycles. The highest BCUT2D eigenvalue weighted by Crippen LogP contribution is 2.25. The van der Waals surface area contributed by atoms with Crippen molar-refractivity contribution in [2.24, 2.45) is 0 Å². The Kier molecular flexibility index (Phi) is 5.87. The summed E-state index contributed by atoms with van der Waals surface area (Å²) < 4.78 is 27.1. The maximum atomic E-state index is 12.2. The second-order valence-electron chi connectivity index (χ2n) is 4.27. The quantitative estimate of drug-likeness (QED) is 0.635. The smallest absolute Gasteiger partial charge is 0.335 e. The molecular formula is C12H15BrN2O5S. The zero-order chi connectivity index (χ0) is 16.2. The lowest BCUT2D eigenvalue weighted by molar-refractivity contribution is -0.118. The van der Waals surface area contributed by atoms with Crippen molar-refractivity contribution in [3.63, 3.8) is 0 Å². The fraction of sp³-hybridized carbons (Fsp3) is 0.333. The van der Waals surface area contributed by atoms with Crippen LogP contribution >= 0.6 is 15.9 Å². The molecule has 1 rings (SSSR count). The first-order chi connectivity index (χ1) is 9.65. The molecule has 0 aliphatic heterocycles. The molecule has 0 saturated heterocycles. The lowest BCUT2D eigenvalue weighted by atomic mass is 10.1. The summed E-state index contributed by atoms with van der Waals surface area (Å²) in [6.45, 7) is 3.05. The van der Waals surface area contributed by atoms with Gasteiger partial charge in [0, 0.05) is 24.5 Å². The van der Waals surface area contributed by atoms with Crippen molar-refractivity contribution in [1.82, 2.24) is 10.0 Å². The number of hydrogen-bond acceptors (Lipinski definition) is 4. The molecule has 0 bridgehead atoms. The van der Waals surface area contributed by atoms with Gasteiger partial charge >= 0.3 is 5.97 Å². The Morgan fingerprint density at radius 1 is 1.29 bits per heavy atom. The van der Waals surface area contributed by atoms with E-state index in [0.29, 0.717) is 10.0 Å². The lowest BCUT2D eigenvalue weighted by Gasteiger charge is -2.12. The topological polar surface area (TPSA) is 113 Å². The van der Waals surface area contributed by atoms with E-state index in [-0.39, 0.29) is 29.5 Å². The molecule has 116 valence electrons. The number of benzene rings is 1. The molecule has 9 heteroatoms. The summed E-state index contributed by atoms with van der Waals surface area (Å²) in [6, 6.07) is 2.44. The largest absolute Gasteiger partial charge is 0.478 e. The van der Waals surface area contributed by atoms with Crippen molar-refractivity contribution in [3.05, 3.63) is 27.7 Å². The average molecular weight is 379 g/mol. The number of sulfonamides is 1. The van der Waals surface area contributed by atoms with Gasteiger partial charge in [0.1, 0.15) is 0 Å². The Labute approximate surface area is 130 Å². The Hall–Kier alpha value is -1.45. The third-order valence-electron chi connectivity index (χ3n) is 2.62. The minimum Gasteiger partial charge on any atom is -0.478 e. The predicted molar refractivity (Wildman–Crippen MR) is 79.7 cm³/mol. The number of carboxylic acid groups (broad SMARTS) is 1. The number of amides is 1. The molecule has 0 fully saturated rings. The van der Waals surface area contributed by atoms with Crippen molar-refractivity contribution in [1.29, 1.82) is 0 Å². The van der Waals surface area contributed by atoms with E-state index in [4.69, 9.17) is 5.11 Å². The third kappa shape index (κ3) is 4.80. The molecule has 0 aromatic heterocycles. The predicted octanol–water partition coefficient (Wildman–Crippen LogP) is 0.870. The standard InChI is InChI=1S/C12H15BrN2O5S/c1-7-10(13)5-9(12(17)18)6-11(7)21(19,20)15-4-3-14-8(2)16/h5-6,15H,3-4H2,1-2H3,(H,14,16)(H,17,18). The number of carbonyl (C=O) groups is 2. The van der Waals surface area contributed by atoms with E-state index in [1.807, 2.05) is 0 Å². The van der Waals surface area contributed by atoms with Gasteiger partial charge in [0.25, 0.3) is 0 Å². The van der Waals surface area contributed by atoms with Crippen LogP contribution in [0.5, 0.6) is 0 Å². The Morgan fingerprint density at radius 2 is 1.90 bits per heavy atom. The average Bonchev–Trinajstić information content (AvgIpc) is 2.37. The summed E-state index contributed by atoms with van der Waals surface area (Å²) in [5.41, 5.74) is 0.279. The highest BCUT2D eigenvalue weighted by Gasteiger charge is 2.20. The van der Waals surface area contributed by atoms with E-state index in [1.54, 1.807) is 6.92 Å². The fourth-order valence-corrected chi connectivity index (χ4v) is 3.47. The van der Waals surface area contributed by atoms with Gasteiger partial charge < -0.3 is 10.4 Å². The summed E-state index contributed by atoms with van der Waals surface area (Å²) in [4.78, 5) is 21.6. The van der Waals surface area contributed by atoms with Gasteiger partial charge in [0.05, 0.1) is 10.5 Å². The van der Waals surface area contributed by atoms with Crippen molar-refractivity contribution in [3.8, 4) is 0 Å². The number of aromatic carboxylic acids is 1. The monoisotopic (exact) mass is 378 g/mol. The van der Waals surface area contributed by atoms with Crippen molar-refractivity contribution in [2.45, 2.75) is 18.7 Å². The Bertz CT molecular complexity index is 672. The number of hydrogen-bond donors (Lipinski definition) is 3. The zero-order valence-corrected chi connectivity index (χ0v) is 13.8. The summed E-state index contributed by atoms with van der Waals surface area (Å²) in [6.07, 6.45) is 0. The minimum absolute atomic E-state index is 0.0102. The molecule has 0 heterocycles. The molecule has 7 nitrogen and oxygen atoms in total. The van der Waals surface area contributed by atoms with Crippen LogP contribution in [0.25, 0.3) is 0 Å². The lowest BCUT2D eigenvalue weighted by Crippen LogP contribution is -2.34. The first-order valence-corrected chi connectivity index (χ1v) is 8.20. The van der Waals surface area contributed by atoms with Gasteiger partial charge in [0.2, 0.25) is 15.9 Å². The molecule has 0 radical (unpaired) electrons. The van der Waals surface area contributed by atoms with E-state index in [2.05, 4.69) is 26.0 Å². The van der Waals surface area contributed by atoms with Gasteiger partial charge in [0.15, 0.2) is 0 Å². The van der Waals surface area contributed by atoms with Gasteiger partial charge in [-0.3, -0.25) is 4.79 Å². The normalized spacial score (nSPS) is 11.2. The van der Waals surface area contributed by atoms with Crippen molar-refractivity contribution in [2.75, 3.05) is 13.1 Å². The highest BCUT2D eigenvalue weighted by atomic mass is 79.9. The minimum atomic E-state index is -3.86. The van der Waals surface area contributed by atoms with Crippen LogP contribution in [0.1, 0.15) is 22.8 Å². The van der Waals surface area contributed by atoms with Gasteiger partial charge in [-0.15, -0.1) is 0 Å². The van der Waals surface area contributed by atoms with E-state index in [0.717, 1.165) is 6.07 Å². The number of rotatable bonds is 6.